The molecule has 6 rings (SSSR count). The van der Waals surface area contributed by atoms with Gasteiger partial charge in [0.05, 0.1) is 6.61 Å². The Labute approximate surface area is 338 Å². The summed E-state index contributed by atoms with van der Waals surface area (Å²) >= 11 is 0. The van der Waals surface area contributed by atoms with Crippen LogP contribution in [0.25, 0.3) is 6.08 Å². The first-order chi connectivity index (χ1) is 27.7. The smallest absolute Gasteiger partial charge is 0.247 e. The molecule has 0 spiro atoms. The first kappa shape index (κ1) is 41.2. The maximum atomic E-state index is 14.8. The van der Waals surface area contributed by atoms with E-state index in [1.54, 1.807) is 17.9 Å². The first-order valence-electron chi connectivity index (χ1n) is 20.3. The fourth-order valence-corrected chi connectivity index (χ4v) is 7.66. The molecule has 1 atom stereocenters. The Hall–Kier alpha value is -5.45. The largest absolute Gasteiger partial charge is 0.395 e. The van der Waals surface area contributed by atoms with E-state index in [4.69, 9.17) is 0 Å². The van der Waals surface area contributed by atoms with E-state index in [-0.39, 0.29) is 30.9 Å². The Bertz CT molecular complexity index is 1920. The van der Waals surface area contributed by atoms with E-state index in [2.05, 4.69) is 77.4 Å². The highest BCUT2D eigenvalue weighted by Crippen LogP contribution is 2.23. The molecule has 2 saturated heterocycles. The maximum Gasteiger partial charge on any atom is 0.247 e. The van der Waals surface area contributed by atoms with Gasteiger partial charge >= 0.3 is 0 Å². The van der Waals surface area contributed by atoms with Crippen LogP contribution in [0.2, 0.25) is 0 Å². The van der Waals surface area contributed by atoms with E-state index >= 15 is 0 Å². The van der Waals surface area contributed by atoms with Crippen molar-refractivity contribution in [2.24, 2.45) is 0 Å². The van der Waals surface area contributed by atoms with E-state index in [1.165, 1.54) is 11.1 Å². The number of piperazine rings is 2. The monoisotopic (exact) mass is 770 g/mol. The minimum Gasteiger partial charge on any atom is -0.395 e. The molecule has 0 unspecified atom stereocenters. The molecule has 300 valence electrons. The van der Waals surface area contributed by atoms with E-state index in [0.717, 1.165) is 67.2 Å². The third-order valence-corrected chi connectivity index (χ3v) is 11.3. The van der Waals surface area contributed by atoms with Crippen molar-refractivity contribution in [1.82, 2.24) is 19.6 Å². The predicted octanol–water partition coefficient (Wildman–Crippen LogP) is 5.34. The Morgan fingerprint density at radius 2 is 1.33 bits per heavy atom. The second-order valence-electron chi connectivity index (χ2n) is 15.2. The van der Waals surface area contributed by atoms with Gasteiger partial charge in [0.1, 0.15) is 6.04 Å². The number of hydrogen-bond donors (Lipinski definition) is 1. The summed E-state index contributed by atoms with van der Waals surface area (Å²) in [4.78, 5) is 53.3. The lowest BCUT2D eigenvalue weighted by Crippen LogP contribution is -2.56. The molecule has 3 amide bonds. The van der Waals surface area contributed by atoms with Crippen molar-refractivity contribution in [2.75, 3.05) is 82.4 Å². The summed E-state index contributed by atoms with van der Waals surface area (Å²) in [6, 6.07) is 34.2. The number of rotatable bonds is 15. The number of hydrogen-bond acceptors (Lipinski definition) is 7. The Balaban J connectivity index is 1.21. The molecule has 0 saturated carbocycles. The topological polar surface area (TPSA) is 90.9 Å². The van der Waals surface area contributed by atoms with Gasteiger partial charge in [0.2, 0.25) is 17.7 Å². The van der Waals surface area contributed by atoms with Crippen LogP contribution in [0.4, 0.5) is 11.4 Å². The van der Waals surface area contributed by atoms with Crippen LogP contribution in [0.1, 0.15) is 41.7 Å². The highest BCUT2D eigenvalue weighted by atomic mass is 16.3. The minimum atomic E-state index is -0.707. The number of benzene rings is 4. The lowest BCUT2D eigenvalue weighted by molar-refractivity contribution is -0.145. The van der Waals surface area contributed by atoms with Crippen LogP contribution in [0.5, 0.6) is 0 Å². The molecule has 57 heavy (non-hydrogen) atoms. The third kappa shape index (κ3) is 11.3. The zero-order chi connectivity index (χ0) is 40.1. The zero-order valence-corrected chi connectivity index (χ0v) is 33.8. The number of nitrogens with zero attached hydrogens (tertiary/aromatic N) is 6. The molecular weight excluding hydrogens is 713 g/mol. The fourth-order valence-electron chi connectivity index (χ4n) is 7.66. The minimum absolute atomic E-state index is 0.0382. The first-order valence-corrected chi connectivity index (χ1v) is 20.3. The Morgan fingerprint density at radius 1 is 0.719 bits per heavy atom. The summed E-state index contributed by atoms with van der Waals surface area (Å²) in [6.45, 7) is 11.1. The molecule has 0 aliphatic carbocycles. The van der Waals surface area contributed by atoms with Crippen LogP contribution in [0.3, 0.4) is 0 Å². The van der Waals surface area contributed by atoms with Gasteiger partial charge in [-0.2, -0.15) is 0 Å². The molecule has 2 fully saturated rings. The molecule has 2 aliphatic heterocycles. The summed E-state index contributed by atoms with van der Waals surface area (Å²) in [7, 11) is 1.97. The highest BCUT2D eigenvalue weighted by molar-refractivity contribution is 5.96. The number of carbonyl (C=O) groups excluding carboxylic acids is 3. The number of aliphatic hydroxyl groups is 1. The lowest BCUT2D eigenvalue weighted by Gasteiger charge is -2.39. The van der Waals surface area contributed by atoms with Gasteiger partial charge in [-0.15, -0.1) is 0 Å². The van der Waals surface area contributed by atoms with Crippen molar-refractivity contribution in [1.29, 1.82) is 0 Å². The third-order valence-electron chi connectivity index (χ3n) is 11.3. The van der Waals surface area contributed by atoms with Crippen LogP contribution < -0.4 is 9.80 Å². The number of carbonyl (C=O) groups is 3. The summed E-state index contributed by atoms with van der Waals surface area (Å²) in [5.74, 6) is -0.141. The molecule has 10 heteroatoms. The molecule has 0 bridgehead atoms. The van der Waals surface area contributed by atoms with Gasteiger partial charge in [0, 0.05) is 110 Å². The Morgan fingerprint density at radius 3 is 1.95 bits per heavy atom. The molecule has 0 aromatic heterocycles. The molecule has 2 aliphatic rings. The van der Waals surface area contributed by atoms with Crippen molar-refractivity contribution in [3.63, 3.8) is 0 Å². The zero-order valence-electron chi connectivity index (χ0n) is 33.8. The number of aryl methyl sites for hydroxylation is 1. The number of anilines is 2. The SMILES string of the molecule is CCc1ccc(/C=C/C(=O)N(Cc2ccc(N3CCN(C(C)=O)CC3)cc2)[C@@H](Cc2ccccc2)C(=O)N2CCN(Cc3ccc(N(C)CCO)cc3)CC2)cc1. The Kier molecular flexibility index (Phi) is 14.5. The van der Waals surface area contributed by atoms with Crippen LogP contribution >= 0.6 is 0 Å². The van der Waals surface area contributed by atoms with Crippen LogP contribution in [0.15, 0.2) is 109 Å². The second kappa shape index (κ2) is 20.1. The normalized spacial score (nSPS) is 15.5. The van der Waals surface area contributed by atoms with Gasteiger partial charge in [0.15, 0.2) is 0 Å². The van der Waals surface area contributed by atoms with E-state index < -0.39 is 6.04 Å². The van der Waals surface area contributed by atoms with Crippen molar-refractivity contribution in [2.45, 2.75) is 45.8 Å². The number of likely N-dealkylation sites (N-methyl/N-ethyl adjacent to an activating group) is 1. The quantitative estimate of drug-likeness (QED) is 0.163. The van der Waals surface area contributed by atoms with Gasteiger partial charge in [-0.25, -0.2) is 0 Å². The van der Waals surface area contributed by atoms with Crippen LogP contribution in [-0.4, -0.2) is 121 Å². The predicted molar refractivity (Wildman–Crippen MR) is 229 cm³/mol. The van der Waals surface area contributed by atoms with Gasteiger partial charge in [-0.05, 0) is 64.6 Å². The van der Waals surface area contributed by atoms with Gasteiger partial charge in [-0.1, -0.05) is 85.8 Å². The lowest BCUT2D eigenvalue weighted by atomic mass is 10.0. The molecule has 1 N–H and O–H groups in total. The van der Waals surface area contributed by atoms with Crippen molar-refractivity contribution in [3.8, 4) is 0 Å². The summed E-state index contributed by atoms with van der Waals surface area (Å²) < 4.78 is 0. The summed E-state index contributed by atoms with van der Waals surface area (Å²) in [6.07, 6.45) is 4.80. The van der Waals surface area contributed by atoms with Crippen molar-refractivity contribution < 1.29 is 19.5 Å². The molecule has 2 heterocycles. The molecule has 4 aromatic carbocycles. The highest BCUT2D eigenvalue weighted by Gasteiger charge is 2.34. The molecule has 0 radical (unpaired) electrons. The number of amides is 3. The molecular formula is C47H58N6O4. The molecule has 4 aromatic rings. The summed E-state index contributed by atoms with van der Waals surface area (Å²) in [5, 5.41) is 9.30. The van der Waals surface area contributed by atoms with Crippen LogP contribution in [-0.2, 0) is 40.3 Å². The number of aliphatic hydroxyl groups excluding tert-OH is 1. The van der Waals surface area contributed by atoms with E-state index in [9.17, 15) is 19.5 Å². The van der Waals surface area contributed by atoms with Crippen molar-refractivity contribution >= 4 is 35.2 Å². The average molecular weight is 771 g/mol. The van der Waals surface area contributed by atoms with Gasteiger partial charge < -0.3 is 29.6 Å². The van der Waals surface area contributed by atoms with Crippen molar-refractivity contribution in [3.05, 3.63) is 137 Å². The van der Waals surface area contributed by atoms with Gasteiger partial charge in [0.25, 0.3) is 0 Å². The summed E-state index contributed by atoms with van der Waals surface area (Å²) in [5.41, 5.74) is 7.46. The fraction of sp³-hybridized carbons (Fsp3) is 0.383. The standard InChI is InChI=1S/C47H58N6O4/c1-4-38-10-12-39(13-11-38)18-23-46(56)53(36-42-16-21-44(22-17-42)51-30-28-50(29-31-51)37(2)55)45(34-40-8-6-5-7-9-40)47(57)52-26-24-49(25-27-52)35-41-14-19-43(20-15-41)48(3)32-33-54/h5-23,45,54H,4,24-36H2,1-3H3/b23-18+/t45-/m0/s1. The van der Waals surface area contributed by atoms with E-state index in [1.807, 2.05) is 70.3 Å². The average Bonchev–Trinajstić information content (AvgIpc) is 3.25. The molecule has 10 nitrogen and oxygen atoms in total. The van der Waals surface area contributed by atoms with Crippen LogP contribution in [0, 0.1) is 0 Å². The second-order valence-corrected chi connectivity index (χ2v) is 15.2. The van der Waals surface area contributed by atoms with E-state index in [0.29, 0.717) is 39.1 Å². The maximum absolute atomic E-state index is 14.8. The van der Waals surface area contributed by atoms with Gasteiger partial charge in [-0.3, -0.25) is 19.3 Å².